The normalized spacial score (nSPS) is 24.2. The summed E-state index contributed by atoms with van der Waals surface area (Å²) in [6, 6.07) is 0.0609. The lowest BCUT2D eigenvalue weighted by Crippen LogP contribution is -2.43. The second-order valence-corrected chi connectivity index (χ2v) is 6.50. The molecule has 1 N–H and O–H groups in total. The molecule has 1 aliphatic heterocycles. The summed E-state index contributed by atoms with van der Waals surface area (Å²) in [7, 11) is 1.40. The number of carbonyl (C=O) groups excluding carboxylic acids is 2. The van der Waals surface area contributed by atoms with Crippen LogP contribution in [0.5, 0.6) is 0 Å². The van der Waals surface area contributed by atoms with Gasteiger partial charge in [-0.05, 0) is 33.6 Å². The Morgan fingerprint density at radius 3 is 2.39 bits per heavy atom. The number of thioether (sulfide) groups is 1. The molecule has 0 radical (unpaired) electrons. The Balaban J connectivity index is 2.31. The Bertz CT molecular complexity index is 306. The molecule has 0 aromatic rings. The zero-order valence-electron chi connectivity index (χ0n) is 11.3. The molecule has 1 saturated heterocycles. The zero-order chi connectivity index (χ0) is 13.8. The van der Waals surface area contributed by atoms with Gasteiger partial charge in [-0.3, -0.25) is 4.79 Å². The Kier molecular flexibility index (Phi) is 5.31. The molecule has 18 heavy (non-hydrogen) atoms. The van der Waals surface area contributed by atoms with Crippen LogP contribution in [0.1, 0.15) is 33.6 Å². The van der Waals surface area contributed by atoms with E-state index in [0.29, 0.717) is 5.75 Å². The summed E-state index contributed by atoms with van der Waals surface area (Å²) in [6.45, 7) is 5.49. The molecule has 0 spiro atoms. The fourth-order valence-corrected chi connectivity index (χ4v) is 2.91. The van der Waals surface area contributed by atoms with Gasteiger partial charge in [0.1, 0.15) is 10.9 Å². The lowest BCUT2D eigenvalue weighted by molar-refractivity contribution is -0.140. The van der Waals surface area contributed by atoms with Crippen LogP contribution >= 0.6 is 11.8 Å². The molecule has 1 rings (SSSR count). The number of ether oxygens (including phenoxy) is 2. The van der Waals surface area contributed by atoms with Gasteiger partial charge in [0.25, 0.3) is 0 Å². The van der Waals surface area contributed by atoms with Crippen LogP contribution in [0.15, 0.2) is 0 Å². The van der Waals surface area contributed by atoms with E-state index in [2.05, 4.69) is 5.32 Å². The molecule has 0 aromatic heterocycles. The molecule has 1 fully saturated rings. The predicted molar refractivity (Wildman–Crippen MR) is 70.7 cm³/mol. The summed E-state index contributed by atoms with van der Waals surface area (Å²) in [4.78, 5) is 22.9. The van der Waals surface area contributed by atoms with Gasteiger partial charge in [0.05, 0.1) is 7.11 Å². The molecular formula is C12H21NO4S. The smallest absolute Gasteiger partial charge is 0.407 e. The highest BCUT2D eigenvalue weighted by Crippen LogP contribution is 2.26. The summed E-state index contributed by atoms with van der Waals surface area (Å²) >= 11 is 1.52. The molecule has 2 atom stereocenters. The first-order valence-corrected chi connectivity index (χ1v) is 7.05. The van der Waals surface area contributed by atoms with Crippen LogP contribution in [0.25, 0.3) is 0 Å². The van der Waals surface area contributed by atoms with Crippen LogP contribution < -0.4 is 5.32 Å². The summed E-state index contributed by atoms with van der Waals surface area (Å²) in [6.07, 6.45) is 1.09. The highest BCUT2D eigenvalue weighted by Gasteiger charge is 2.29. The molecular weight excluding hydrogens is 254 g/mol. The molecule has 1 aliphatic rings. The Hall–Kier alpha value is -0.910. The lowest BCUT2D eigenvalue weighted by Gasteiger charge is -2.28. The van der Waals surface area contributed by atoms with Crippen LogP contribution in [0.3, 0.4) is 0 Å². The van der Waals surface area contributed by atoms with Crippen molar-refractivity contribution in [1.29, 1.82) is 0 Å². The first-order chi connectivity index (χ1) is 8.31. The van der Waals surface area contributed by atoms with Crippen molar-refractivity contribution in [3.63, 3.8) is 0 Å². The minimum Gasteiger partial charge on any atom is -0.468 e. The van der Waals surface area contributed by atoms with E-state index in [1.165, 1.54) is 18.9 Å². The molecule has 104 valence electrons. The van der Waals surface area contributed by atoms with Crippen LogP contribution in [0.2, 0.25) is 0 Å². The molecule has 5 nitrogen and oxygen atoms in total. The number of hydrogen-bond acceptors (Lipinski definition) is 5. The van der Waals surface area contributed by atoms with E-state index in [1.54, 1.807) is 0 Å². The maximum atomic E-state index is 11.6. The van der Waals surface area contributed by atoms with Crippen molar-refractivity contribution in [1.82, 2.24) is 5.32 Å². The Morgan fingerprint density at radius 1 is 1.28 bits per heavy atom. The number of amides is 1. The van der Waals surface area contributed by atoms with E-state index in [0.717, 1.165) is 12.8 Å². The Morgan fingerprint density at radius 2 is 1.94 bits per heavy atom. The van der Waals surface area contributed by atoms with Crippen molar-refractivity contribution in [3.8, 4) is 0 Å². The molecule has 0 bridgehead atoms. The summed E-state index contributed by atoms with van der Waals surface area (Å²) in [5.74, 6) is 0.523. The third-order valence-electron chi connectivity index (χ3n) is 2.46. The summed E-state index contributed by atoms with van der Waals surface area (Å²) in [5, 5.41) is 2.71. The highest BCUT2D eigenvalue weighted by molar-refractivity contribution is 8.00. The fraction of sp³-hybridized carbons (Fsp3) is 0.833. The SMILES string of the molecule is COC(=O)[C@@H]1CC[C@@H](NC(=O)OC(C)(C)C)CS1. The topological polar surface area (TPSA) is 64.6 Å². The number of rotatable bonds is 2. The highest BCUT2D eigenvalue weighted by atomic mass is 32.2. The van der Waals surface area contributed by atoms with Crippen molar-refractivity contribution in [3.05, 3.63) is 0 Å². The number of methoxy groups -OCH3 is 1. The molecule has 0 unspecified atom stereocenters. The average molecular weight is 275 g/mol. The van der Waals surface area contributed by atoms with Gasteiger partial charge < -0.3 is 14.8 Å². The first-order valence-electron chi connectivity index (χ1n) is 6.01. The zero-order valence-corrected chi connectivity index (χ0v) is 12.1. The van der Waals surface area contributed by atoms with Gasteiger partial charge in [0, 0.05) is 11.8 Å². The van der Waals surface area contributed by atoms with E-state index in [9.17, 15) is 9.59 Å². The Labute approximate surface area is 112 Å². The third kappa shape index (κ3) is 5.16. The van der Waals surface area contributed by atoms with Gasteiger partial charge in [0.2, 0.25) is 0 Å². The van der Waals surface area contributed by atoms with Crippen LogP contribution in [0.4, 0.5) is 4.79 Å². The summed E-state index contributed by atoms with van der Waals surface area (Å²) < 4.78 is 9.89. The number of carbonyl (C=O) groups is 2. The summed E-state index contributed by atoms with van der Waals surface area (Å²) in [5.41, 5.74) is -0.486. The van der Waals surface area contributed by atoms with Gasteiger partial charge >= 0.3 is 12.1 Å². The average Bonchev–Trinajstić information content (AvgIpc) is 2.26. The third-order valence-corrected chi connectivity index (χ3v) is 3.89. The fourth-order valence-electron chi connectivity index (χ4n) is 1.66. The van der Waals surface area contributed by atoms with Gasteiger partial charge in [-0.15, -0.1) is 11.8 Å². The second-order valence-electron chi connectivity index (χ2n) is 5.27. The van der Waals surface area contributed by atoms with Gasteiger partial charge in [-0.2, -0.15) is 0 Å². The predicted octanol–water partition coefficient (Wildman–Crippen LogP) is 1.95. The van der Waals surface area contributed by atoms with Crippen LogP contribution in [0, 0.1) is 0 Å². The minimum absolute atomic E-state index is 0.0609. The second kappa shape index (κ2) is 6.31. The molecule has 1 heterocycles. The standard InChI is InChI=1S/C12H21NO4S/c1-12(2,3)17-11(15)13-8-5-6-9(18-7-8)10(14)16-4/h8-9H,5-7H2,1-4H3,(H,13,15)/t8-,9+/m1/s1. The quantitative estimate of drug-likeness (QED) is 0.780. The van der Waals surface area contributed by atoms with Crippen LogP contribution in [-0.2, 0) is 14.3 Å². The maximum absolute atomic E-state index is 11.6. The van der Waals surface area contributed by atoms with Gasteiger partial charge in [-0.25, -0.2) is 4.79 Å². The molecule has 6 heteroatoms. The van der Waals surface area contributed by atoms with E-state index in [-0.39, 0.29) is 17.3 Å². The van der Waals surface area contributed by atoms with E-state index in [4.69, 9.17) is 9.47 Å². The lowest BCUT2D eigenvalue weighted by atomic mass is 10.1. The van der Waals surface area contributed by atoms with Gasteiger partial charge in [-0.1, -0.05) is 0 Å². The van der Waals surface area contributed by atoms with Crippen molar-refractivity contribution in [2.75, 3.05) is 12.9 Å². The van der Waals surface area contributed by atoms with E-state index < -0.39 is 11.7 Å². The number of nitrogens with one attached hydrogen (secondary N) is 1. The van der Waals surface area contributed by atoms with E-state index >= 15 is 0 Å². The molecule has 0 aliphatic carbocycles. The van der Waals surface area contributed by atoms with Gasteiger partial charge in [0.15, 0.2) is 0 Å². The number of esters is 1. The van der Waals surface area contributed by atoms with Crippen molar-refractivity contribution in [2.24, 2.45) is 0 Å². The largest absolute Gasteiger partial charge is 0.468 e. The number of hydrogen-bond donors (Lipinski definition) is 1. The minimum atomic E-state index is -0.486. The van der Waals surface area contributed by atoms with Crippen LogP contribution in [-0.4, -0.2) is 41.8 Å². The monoisotopic (exact) mass is 275 g/mol. The molecule has 0 saturated carbocycles. The van der Waals surface area contributed by atoms with Crippen molar-refractivity contribution >= 4 is 23.8 Å². The molecule has 0 aromatic carbocycles. The van der Waals surface area contributed by atoms with Crippen molar-refractivity contribution in [2.45, 2.75) is 50.5 Å². The maximum Gasteiger partial charge on any atom is 0.407 e. The molecule has 1 amide bonds. The van der Waals surface area contributed by atoms with E-state index in [1.807, 2.05) is 20.8 Å². The van der Waals surface area contributed by atoms with Crippen molar-refractivity contribution < 1.29 is 19.1 Å². The number of alkyl carbamates (subject to hydrolysis) is 1. The first kappa shape index (κ1) is 15.1.